The molecule has 1 N–H and O–H groups in total. The van der Waals surface area contributed by atoms with Crippen molar-refractivity contribution in [3.05, 3.63) is 64.7 Å². The van der Waals surface area contributed by atoms with Crippen LogP contribution in [0.25, 0.3) is 0 Å². The summed E-state index contributed by atoms with van der Waals surface area (Å²) in [4.78, 5) is 0. The number of hydrogen-bond acceptors (Lipinski definition) is 2. The van der Waals surface area contributed by atoms with Gasteiger partial charge in [-0.05, 0) is 59.1 Å². The van der Waals surface area contributed by atoms with Crippen molar-refractivity contribution in [3.8, 4) is 5.75 Å². The lowest BCUT2D eigenvalue weighted by atomic mass is 9.86. The molecular formula is C22H29NO. The van der Waals surface area contributed by atoms with Crippen molar-refractivity contribution in [1.82, 2.24) is 5.32 Å². The van der Waals surface area contributed by atoms with E-state index in [-0.39, 0.29) is 5.41 Å². The van der Waals surface area contributed by atoms with E-state index in [0.717, 1.165) is 18.7 Å². The summed E-state index contributed by atoms with van der Waals surface area (Å²) in [6.45, 7) is 7.69. The normalized spacial score (nSPS) is 17.4. The molecule has 2 heteroatoms. The molecule has 0 radical (unpaired) electrons. The first kappa shape index (κ1) is 17.0. The Labute approximate surface area is 146 Å². The highest BCUT2D eigenvalue weighted by Crippen LogP contribution is 2.32. The van der Waals surface area contributed by atoms with E-state index in [9.17, 15) is 0 Å². The molecule has 0 amide bonds. The van der Waals surface area contributed by atoms with Crippen LogP contribution in [0.1, 0.15) is 61.9 Å². The lowest BCUT2D eigenvalue weighted by Crippen LogP contribution is -2.25. The SMILES string of the molecule is COc1ccc2c(c1)CCCC2NCc1ccc(C(C)(C)C)cc1. The van der Waals surface area contributed by atoms with Gasteiger partial charge in [0.2, 0.25) is 0 Å². The van der Waals surface area contributed by atoms with Gasteiger partial charge in [0.15, 0.2) is 0 Å². The second-order valence-corrected chi connectivity index (χ2v) is 7.84. The zero-order chi connectivity index (χ0) is 17.2. The summed E-state index contributed by atoms with van der Waals surface area (Å²) in [5.74, 6) is 0.965. The molecule has 1 aliphatic rings. The second kappa shape index (κ2) is 6.98. The molecule has 24 heavy (non-hydrogen) atoms. The predicted molar refractivity (Wildman–Crippen MR) is 101 cm³/mol. The quantitative estimate of drug-likeness (QED) is 0.839. The van der Waals surface area contributed by atoms with Gasteiger partial charge in [0, 0.05) is 12.6 Å². The molecule has 0 saturated carbocycles. The average molecular weight is 323 g/mol. The molecule has 2 aromatic carbocycles. The number of benzene rings is 2. The molecule has 3 rings (SSSR count). The van der Waals surface area contributed by atoms with Crippen molar-refractivity contribution >= 4 is 0 Å². The molecule has 0 heterocycles. The first-order valence-electron chi connectivity index (χ1n) is 8.97. The van der Waals surface area contributed by atoms with E-state index in [4.69, 9.17) is 4.74 Å². The van der Waals surface area contributed by atoms with Crippen molar-refractivity contribution in [2.75, 3.05) is 7.11 Å². The number of nitrogens with one attached hydrogen (secondary N) is 1. The van der Waals surface area contributed by atoms with Gasteiger partial charge < -0.3 is 10.1 Å². The Hall–Kier alpha value is -1.80. The highest BCUT2D eigenvalue weighted by Gasteiger charge is 2.20. The van der Waals surface area contributed by atoms with Crippen LogP contribution >= 0.6 is 0 Å². The van der Waals surface area contributed by atoms with Gasteiger partial charge in [0.1, 0.15) is 5.75 Å². The Morgan fingerprint density at radius 1 is 1.08 bits per heavy atom. The van der Waals surface area contributed by atoms with Crippen LogP contribution in [-0.4, -0.2) is 7.11 Å². The summed E-state index contributed by atoms with van der Waals surface area (Å²) in [6, 6.07) is 16.0. The summed E-state index contributed by atoms with van der Waals surface area (Å²) in [5, 5.41) is 3.75. The Balaban J connectivity index is 1.68. The van der Waals surface area contributed by atoms with E-state index in [2.05, 4.69) is 68.6 Å². The molecule has 0 aromatic heterocycles. The number of rotatable bonds is 4. The molecular weight excluding hydrogens is 294 g/mol. The zero-order valence-electron chi connectivity index (χ0n) is 15.4. The summed E-state index contributed by atoms with van der Waals surface area (Å²) in [7, 11) is 1.74. The van der Waals surface area contributed by atoms with E-state index in [1.807, 2.05) is 0 Å². The maximum absolute atomic E-state index is 5.36. The molecule has 128 valence electrons. The van der Waals surface area contributed by atoms with Gasteiger partial charge in [-0.15, -0.1) is 0 Å². The Morgan fingerprint density at radius 2 is 1.83 bits per heavy atom. The molecule has 1 aliphatic carbocycles. The van der Waals surface area contributed by atoms with Crippen LogP contribution in [0.2, 0.25) is 0 Å². The Kier molecular flexibility index (Phi) is 4.96. The summed E-state index contributed by atoms with van der Waals surface area (Å²) < 4.78 is 5.36. The average Bonchev–Trinajstić information content (AvgIpc) is 2.59. The van der Waals surface area contributed by atoms with Crippen molar-refractivity contribution in [1.29, 1.82) is 0 Å². The minimum Gasteiger partial charge on any atom is -0.497 e. The van der Waals surface area contributed by atoms with Crippen molar-refractivity contribution in [3.63, 3.8) is 0 Å². The molecule has 0 bridgehead atoms. The fraction of sp³-hybridized carbons (Fsp3) is 0.455. The second-order valence-electron chi connectivity index (χ2n) is 7.84. The van der Waals surface area contributed by atoms with E-state index in [1.54, 1.807) is 7.11 Å². The van der Waals surface area contributed by atoms with Gasteiger partial charge in [-0.3, -0.25) is 0 Å². The van der Waals surface area contributed by atoms with E-state index in [0.29, 0.717) is 6.04 Å². The van der Waals surface area contributed by atoms with Gasteiger partial charge in [-0.1, -0.05) is 51.1 Å². The molecule has 2 nitrogen and oxygen atoms in total. The van der Waals surface area contributed by atoms with Gasteiger partial charge in [0.05, 0.1) is 7.11 Å². The maximum atomic E-state index is 5.36. The molecule has 2 aromatic rings. The van der Waals surface area contributed by atoms with Gasteiger partial charge >= 0.3 is 0 Å². The van der Waals surface area contributed by atoms with Crippen LogP contribution in [0.15, 0.2) is 42.5 Å². The Bertz CT molecular complexity index is 682. The monoisotopic (exact) mass is 323 g/mol. The van der Waals surface area contributed by atoms with Crippen LogP contribution in [-0.2, 0) is 18.4 Å². The first-order valence-corrected chi connectivity index (χ1v) is 8.97. The molecule has 1 unspecified atom stereocenters. The summed E-state index contributed by atoms with van der Waals surface area (Å²) >= 11 is 0. The molecule has 1 atom stereocenters. The van der Waals surface area contributed by atoms with Gasteiger partial charge in [0.25, 0.3) is 0 Å². The number of hydrogen-bond donors (Lipinski definition) is 1. The predicted octanol–water partition coefficient (Wildman–Crippen LogP) is 5.16. The third-order valence-corrected chi connectivity index (χ3v) is 5.04. The molecule has 0 spiro atoms. The van der Waals surface area contributed by atoms with E-state index < -0.39 is 0 Å². The Morgan fingerprint density at radius 3 is 2.50 bits per heavy atom. The van der Waals surface area contributed by atoms with Crippen molar-refractivity contribution < 1.29 is 4.74 Å². The van der Waals surface area contributed by atoms with Crippen LogP contribution in [0.4, 0.5) is 0 Å². The van der Waals surface area contributed by atoms with Crippen LogP contribution in [0, 0.1) is 0 Å². The lowest BCUT2D eigenvalue weighted by molar-refractivity contribution is 0.410. The summed E-state index contributed by atoms with van der Waals surface area (Å²) in [6.07, 6.45) is 3.60. The van der Waals surface area contributed by atoms with Crippen LogP contribution in [0.5, 0.6) is 5.75 Å². The van der Waals surface area contributed by atoms with Gasteiger partial charge in [-0.2, -0.15) is 0 Å². The van der Waals surface area contributed by atoms with Crippen molar-refractivity contribution in [2.45, 2.75) is 58.0 Å². The van der Waals surface area contributed by atoms with E-state index in [1.165, 1.54) is 35.1 Å². The smallest absolute Gasteiger partial charge is 0.119 e. The fourth-order valence-electron chi connectivity index (χ4n) is 3.49. The fourth-order valence-corrected chi connectivity index (χ4v) is 3.49. The lowest BCUT2D eigenvalue weighted by Gasteiger charge is -2.27. The maximum Gasteiger partial charge on any atom is 0.119 e. The minimum atomic E-state index is 0.216. The number of aryl methyl sites for hydroxylation is 1. The first-order chi connectivity index (χ1) is 11.5. The minimum absolute atomic E-state index is 0.216. The molecule has 0 saturated heterocycles. The number of fused-ring (bicyclic) bond motifs is 1. The van der Waals surface area contributed by atoms with Crippen LogP contribution < -0.4 is 10.1 Å². The topological polar surface area (TPSA) is 21.3 Å². The van der Waals surface area contributed by atoms with E-state index >= 15 is 0 Å². The zero-order valence-corrected chi connectivity index (χ0v) is 15.4. The van der Waals surface area contributed by atoms with Crippen LogP contribution in [0.3, 0.4) is 0 Å². The highest BCUT2D eigenvalue weighted by molar-refractivity contribution is 5.39. The molecule has 0 fully saturated rings. The number of methoxy groups -OCH3 is 1. The van der Waals surface area contributed by atoms with Crippen molar-refractivity contribution in [2.24, 2.45) is 0 Å². The highest BCUT2D eigenvalue weighted by atomic mass is 16.5. The third-order valence-electron chi connectivity index (χ3n) is 5.04. The molecule has 0 aliphatic heterocycles. The number of ether oxygens (including phenoxy) is 1. The largest absolute Gasteiger partial charge is 0.497 e. The van der Waals surface area contributed by atoms with Gasteiger partial charge in [-0.25, -0.2) is 0 Å². The standard InChI is InChI=1S/C22H29NO/c1-22(2,3)18-10-8-16(9-11-18)15-23-21-7-5-6-17-14-19(24-4)12-13-20(17)21/h8-14,21,23H,5-7,15H2,1-4H3. The third kappa shape index (κ3) is 3.81. The summed E-state index contributed by atoms with van der Waals surface area (Å²) in [5.41, 5.74) is 5.83.